The molecule has 1 N–H and O–H groups in total. The molecule has 24 heavy (non-hydrogen) atoms. The maximum absolute atomic E-state index is 12.7. The second kappa shape index (κ2) is 6.83. The second-order valence-corrected chi connectivity index (χ2v) is 6.34. The first-order chi connectivity index (χ1) is 11.5. The Morgan fingerprint density at radius 1 is 1.04 bits per heavy atom. The summed E-state index contributed by atoms with van der Waals surface area (Å²) in [7, 11) is 0. The number of aryl methyl sites for hydroxylation is 1. The number of hydrogen-bond donors (Lipinski definition) is 1. The van der Waals surface area contributed by atoms with Crippen LogP contribution in [0.4, 0.5) is 0 Å². The predicted octanol–water partition coefficient (Wildman–Crippen LogP) is 3.64. The van der Waals surface area contributed by atoms with E-state index in [0.29, 0.717) is 0 Å². The van der Waals surface area contributed by atoms with Crippen molar-refractivity contribution in [2.45, 2.75) is 32.2 Å². The van der Waals surface area contributed by atoms with Crippen LogP contribution in [0.3, 0.4) is 0 Å². The van der Waals surface area contributed by atoms with Crippen LogP contribution in [0.15, 0.2) is 60.7 Å². The molecule has 2 aromatic carbocycles. The molecule has 0 radical (unpaired) electrons. The molecule has 2 aromatic rings. The van der Waals surface area contributed by atoms with Crippen LogP contribution in [-0.2, 0) is 9.59 Å². The zero-order valence-corrected chi connectivity index (χ0v) is 14.0. The Morgan fingerprint density at radius 2 is 1.71 bits per heavy atom. The molecule has 1 amide bonds. The third-order valence-corrected chi connectivity index (χ3v) is 4.47. The van der Waals surface area contributed by atoms with Gasteiger partial charge in [0.2, 0.25) is 5.91 Å². The summed E-state index contributed by atoms with van der Waals surface area (Å²) in [5.41, 5.74) is 4.34. The van der Waals surface area contributed by atoms with Gasteiger partial charge in [0.1, 0.15) is 0 Å². The molecule has 3 nitrogen and oxygen atoms in total. The lowest BCUT2D eigenvalue weighted by Crippen LogP contribution is -2.45. The van der Waals surface area contributed by atoms with Crippen molar-refractivity contribution in [2.75, 3.05) is 0 Å². The van der Waals surface area contributed by atoms with Crippen molar-refractivity contribution >= 4 is 17.3 Å². The third-order valence-electron chi connectivity index (χ3n) is 4.47. The molecule has 2 atom stereocenters. The van der Waals surface area contributed by atoms with Gasteiger partial charge in [-0.3, -0.25) is 9.59 Å². The lowest BCUT2D eigenvalue weighted by molar-refractivity contribution is -0.125. The summed E-state index contributed by atoms with van der Waals surface area (Å²) in [5, 5.41) is 2.83. The Balaban J connectivity index is 1.99. The quantitative estimate of drug-likeness (QED) is 0.939. The highest BCUT2D eigenvalue weighted by molar-refractivity contribution is 6.04. The molecule has 0 bridgehead atoms. The number of carbonyl (C=O) groups excluding carboxylic acids is 2. The number of carbonyl (C=O) groups is 2. The van der Waals surface area contributed by atoms with Gasteiger partial charge in [-0.2, -0.15) is 0 Å². The molecule has 0 fully saturated rings. The van der Waals surface area contributed by atoms with Gasteiger partial charge < -0.3 is 5.32 Å². The van der Waals surface area contributed by atoms with E-state index in [1.165, 1.54) is 12.5 Å². The van der Waals surface area contributed by atoms with Crippen LogP contribution in [0, 0.1) is 6.92 Å². The summed E-state index contributed by atoms with van der Waals surface area (Å²) in [6, 6.07) is 17.6. The van der Waals surface area contributed by atoms with Crippen molar-refractivity contribution in [3.05, 3.63) is 77.4 Å². The minimum atomic E-state index is -0.502. The lowest BCUT2D eigenvalue weighted by atomic mass is 9.77. The topological polar surface area (TPSA) is 46.2 Å². The Hall–Kier alpha value is -2.68. The number of ketones is 1. The second-order valence-electron chi connectivity index (χ2n) is 6.34. The first-order valence-electron chi connectivity index (χ1n) is 8.18. The van der Waals surface area contributed by atoms with Crippen molar-refractivity contribution in [1.82, 2.24) is 5.32 Å². The van der Waals surface area contributed by atoms with E-state index in [2.05, 4.69) is 17.4 Å². The van der Waals surface area contributed by atoms with Crippen molar-refractivity contribution in [1.29, 1.82) is 0 Å². The van der Waals surface area contributed by atoms with Crippen LogP contribution in [-0.4, -0.2) is 17.7 Å². The van der Waals surface area contributed by atoms with Gasteiger partial charge in [-0.05, 0) is 36.1 Å². The highest BCUT2D eigenvalue weighted by Gasteiger charge is 2.34. The molecule has 0 heterocycles. The maximum Gasteiger partial charge on any atom is 0.217 e. The summed E-state index contributed by atoms with van der Waals surface area (Å²) >= 11 is 0. The van der Waals surface area contributed by atoms with Gasteiger partial charge in [-0.1, -0.05) is 60.2 Å². The minimum Gasteiger partial charge on any atom is -0.346 e. The molecule has 1 aliphatic rings. The Bertz CT molecular complexity index is 775. The minimum absolute atomic E-state index is 0.0409. The van der Waals surface area contributed by atoms with Crippen LogP contribution < -0.4 is 5.32 Å². The van der Waals surface area contributed by atoms with E-state index in [1.807, 2.05) is 49.4 Å². The molecule has 2 unspecified atom stereocenters. The molecular formula is C21H21NO2. The van der Waals surface area contributed by atoms with E-state index in [1.54, 1.807) is 6.08 Å². The van der Waals surface area contributed by atoms with E-state index < -0.39 is 6.04 Å². The van der Waals surface area contributed by atoms with Gasteiger partial charge in [0, 0.05) is 12.8 Å². The van der Waals surface area contributed by atoms with Gasteiger partial charge in [0.15, 0.2) is 5.78 Å². The average molecular weight is 319 g/mol. The SMILES string of the molecule is CC(=O)NC1C(=O)C=C(c2ccccc2)CC1c1ccc(C)cc1. The van der Waals surface area contributed by atoms with Gasteiger partial charge in [-0.15, -0.1) is 0 Å². The average Bonchev–Trinajstić information content (AvgIpc) is 2.58. The van der Waals surface area contributed by atoms with Crippen LogP contribution in [0.5, 0.6) is 0 Å². The molecule has 0 saturated carbocycles. The van der Waals surface area contributed by atoms with E-state index in [0.717, 1.165) is 23.1 Å². The third kappa shape index (κ3) is 3.46. The Morgan fingerprint density at radius 3 is 2.33 bits per heavy atom. The van der Waals surface area contributed by atoms with Crippen LogP contribution in [0.25, 0.3) is 5.57 Å². The van der Waals surface area contributed by atoms with Crippen LogP contribution in [0.1, 0.15) is 36.0 Å². The van der Waals surface area contributed by atoms with Crippen molar-refractivity contribution < 1.29 is 9.59 Å². The number of benzene rings is 2. The lowest BCUT2D eigenvalue weighted by Gasteiger charge is -2.31. The molecule has 122 valence electrons. The summed E-state index contributed by atoms with van der Waals surface area (Å²) in [4.78, 5) is 24.2. The summed E-state index contributed by atoms with van der Waals surface area (Å²) in [6.45, 7) is 3.49. The maximum atomic E-state index is 12.7. The fraction of sp³-hybridized carbons (Fsp3) is 0.238. The molecule has 3 rings (SSSR count). The molecule has 0 aromatic heterocycles. The summed E-state index contributed by atoms with van der Waals surface area (Å²) < 4.78 is 0. The van der Waals surface area contributed by atoms with Gasteiger partial charge in [0.05, 0.1) is 6.04 Å². The predicted molar refractivity (Wildman–Crippen MR) is 95.6 cm³/mol. The van der Waals surface area contributed by atoms with Crippen LogP contribution >= 0.6 is 0 Å². The molecule has 3 heteroatoms. The van der Waals surface area contributed by atoms with Gasteiger partial charge >= 0.3 is 0 Å². The fourth-order valence-electron chi connectivity index (χ4n) is 3.24. The monoisotopic (exact) mass is 319 g/mol. The first-order valence-corrected chi connectivity index (χ1v) is 8.18. The largest absolute Gasteiger partial charge is 0.346 e. The van der Waals surface area contributed by atoms with Crippen molar-refractivity contribution in [3.63, 3.8) is 0 Å². The molecule has 0 aliphatic heterocycles. The smallest absolute Gasteiger partial charge is 0.217 e. The normalized spacial score (nSPS) is 20.4. The fourth-order valence-corrected chi connectivity index (χ4v) is 3.24. The van der Waals surface area contributed by atoms with E-state index in [4.69, 9.17) is 0 Å². The van der Waals surface area contributed by atoms with Crippen molar-refractivity contribution in [2.24, 2.45) is 0 Å². The molecular weight excluding hydrogens is 298 g/mol. The molecule has 1 aliphatic carbocycles. The number of allylic oxidation sites excluding steroid dienone is 1. The van der Waals surface area contributed by atoms with Gasteiger partial charge in [0.25, 0.3) is 0 Å². The Labute approximate surface area is 142 Å². The number of hydrogen-bond acceptors (Lipinski definition) is 2. The molecule has 0 saturated heterocycles. The highest BCUT2D eigenvalue weighted by atomic mass is 16.2. The number of nitrogens with one attached hydrogen (secondary N) is 1. The highest BCUT2D eigenvalue weighted by Crippen LogP contribution is 2.36. The van der Waals surface area contributed by atoms with Gasteiger partial charge in [-0.25, -0.2) is 0 Å². The standard InChI is InChI=1S/C21H21NO2/c1-14-8-10-17(11-9-14)19-12-18(16-6-4-3-5-7-16)13-20(24)21(19)22-15(2)23/h3-11,13,19,21H,12H2,1-2H3,(H,22,23). The van der Waals surface area contributed by atoms with E-state index >= 15 is 0 Å². The van der Waals surface area contributed by atoms with E-state index in [9.17, 15) is 9.59 Å². The molecule has 0 spiro atoms. The first kappa shape index (κ1) is 16.2. The number of rotatable bonds is 3. The summed E-state index contributed by atoms with van der Waals surface area (Å²) in [6.07, 6.45) is 2.41. The van der Waals surface area contributed by atoms with E-state index in [-0.39, 0.29) is 17.6 Å². The van der Waals surface area contributed by atoms with Crippen molar-refractivity contribution in [3.8, 4) is 0 Å². The zero-order chi connectivity index (χ0) is 17.1. The Kier molecular flexibility index (Phi) is 4.61. The number of amides is 1. The van der Waals surface area contributed by atoms with Crippen LogP contribution in [0.2, 0.25) is 0 Å². The zero-order valence-electron chi connectivity index (χ0n) is 14.0. The summed E-state index contributed by atoms with van der Waals surface area (Å²) in [5.74, 6) is -0.273.